The van der Waals surface area contributed by atoms with Gasteiger partial charge in [0, 0.05) is 48.9 Å². The molecular formula is C26H30F5N3O5. The first kappa shape index (κ1) is 27.8. The van der Waals surface area contributed by atoms with Crippen LogP contribution in [0.25, 0.3) is 0 Å². The molecule has 4 heterocycles. The molecule has 3 aliphatic heterocycles. The monoisotopic (exact) mass is 559 g/mol. The summed E-state index contributed by atoms with van der Waals surface area (Å²) >= 11 is 0. The zero-order valence-corrected chi connectivity index (χ0v) is 21.7. The molecular weight excluding hydrogens is 529 g/mol. The Balaban J connectivity index is 1.43. The maximum absolute atomic E-state index is 15.1. The molecule has 1 aromatic heterocycles. The Hall–Kier alpha value is -2.77. The van der Waals surface area contributed by atoms with Crippen molar-refractivity contribution in [2.45, 2.75) is 44.6 Å². The number of hydrogen-bond donors (Lipinski definition) is 1. The SMILES string of the molecule is Cc1nocc1NC(=O)[C@@H]1O[C@@](C)(C(F)(F)F)[C@@H](C)[C@H]1c1ccc(F)c(F)c1OCCN1C[C@H]2COC[C@H]2C1. The normalized spacial score (nSPS) is 31.0. The van der Waals surface area contributed by atoms with Gasteiger partial charge in [0.2, 0.25) is 5.82 Å². The zero-order valence-electron chi connectivity index (χ0n) is 21.7. The number of amides is 1. The van der Waals surface area contributed by atoms with E-state index in [2.05, 4.69) is 15.4 Å². The van der Waals surface area contributed by atoms with Gasteiger partial charge >= 0.3 is 6.18 Å². The summed E-state index contributed by atoms with van der Waals surface area (Å²) in [6, 6.07) is 1.97. The number of nitrogens with one attached hydrogen (secondary N) is 1. The molecule has 0 unspecified atom stereocenters. The van der Waals surface area contributed by atoms with Crippen molar-refractivity contribution in [3.8, 4) is 5.75 Å². The number of anilines is 1. The quantitative estimate of drug-likeness (QED) is 0.507. The lowest BCUT2D eigenvalue weighted by atomic mass is 9.77. The van der Waals surface area contributed by atoms with Crippen LogP contribution in [0.5, 0.6) is 5.75 Å². The minimum atomic E-state index is -4.86. The molecule has 3 saturated heterocycles. The van der Waals surface area contributed by atoms with E-state index in [-0.39, 0.29) is 17.9 Å². The van der Waals surface area contributed by atoms with Gasteiger partial charge in [-0.05, 0) is 19.9 Å². The molecule has 5 rings (SSSR count). The highest BCUT2D eigenvalue weighted by molar-refractivity contribution is 5.95. The van der Waals surface area contributed by atoms with Crippen LogP contribution in [0.3, 0.4) is 0 Å². The lowest BCUT2D eigenvalue weighted by Crippen LogP contribution is -2.47. The van der Waals surface area contributed by atoms with E-state index in [0.717, 1.165) is 38.4 Å². The summed E-state index contributed by atoms with van der Waals surface area (Å²) in [4.78, 5) is 15.4. The van der Waals surface area contributed by atoms with Crippen LogP contribution in [0.2, 0.25) is 0 Å². The first-order chi connectivity index (χ1) is 18.4. The highest BCUT2D eigenvalue weighted by Crippen LogP contribution is 2.55. The fraction of sp³-hybridized carbons (Fsp3) is 0.615. The number of alkyl halides is 3. The van der Waals surface area contributed by atoms with E-state index in [9.17, 15) is 22.4 Å². The van der Waals surface area contributed by atoms with E-state index in [1.165, 1.54) is 13.8 Å². The molecule has 39 heavy (non-hydrogen) atoms. The van der Waals surface area contributed by atoms with E-state index < -0.39 is 53.0 Å². The first-order valence-corrected chi connectivity index (χ1v) is 12.8. The molecule has 0 radical (unpaired) electrons. The molecule has 1 N–H and O–H groups in total. The van der Waals surface area contributed by atoms with Crippen LogP contribution in [-0.2, 0) is 14.3 Å². The van der Waals surface area contributed by atoms with Crippen molar-refractivity contribution in [2.75, 3.05) is 44.8 Å². The summed E-state index contributed by atoms with van der Waals surface area (Å²) < 4.78 is 93.5. The van der Waals surface area contributed by atoms with Gasteiger partial charge in [-0.2, -0.15) is 17.6 Å². The van der Waals surface area contributed by atoms with Crippen molar-refractivity contribution in [1.82, 2.24) is 10.1 Å². The molecule has 1 aromatic carbocycles. The van der Waals surface area contributed by atoms with Gasteiger partial charge in [0.05, 0.1) is 13.2 Å². The summed E-state index contributed by atoms with van der Waals surface area (Å²) in [7, 11) is 0. The number of fused-ring (bicyclic) bond motifs is 1. The summed E-state index contributed by atoms with van der Waals surface area (Å²) in [5.74, 6) is -5.83. The predicted molar refractivity (Wildman–Crippen MR) is 127 cm³/mol. The fourth-order valence-electron chi connectivity index (χ4n) is 5.84. The maximum Gasteiger partial charge on any atom is 0.417 e. The third-order valence-electron chi connectivity index (χ3n) is 8.34. The number of carbonyl (C=O) groups excluding carboxylic acids is 1. The van der Waals surface area contributed by atoms with Crippen LogP contribution in [0.15, 0.2) is 22.9 Å². The third kappa shape index (κ3) is 5.00. The molecule has 0 saturated carbocycles. The average Bonchev–Trinajstić information content (AvgIpc) is 3.62. The molecule has 1 amide bonds. The van der Waals surface area contributed by atoms with Crippen LogP contribution in [0, 0.1) is 36.3 Å². The molecule has 0 aliphatic carbocycles. The molecule has 214 valence electrons. The summed E-state index contributed by atoms with van der Waals surface area (Å²) in [5.41, 5.74) is -2.37. The molecule has 2 aromatic rings. The van der Waals surface area contributed by atoms with Crippen molar-refractivity contribution in [1.29, 1.82) is 0 Å². The van der Waals surface area contributed by atoms with Gasteiger partial charge in [0.15, 0.2) is 17.2 Å². The first-order valence-electron chi connectivity index (χ1n) is 12.8. The van der Waals surface area contributed by atoms with E-state index in [0.29, 0.717) is 37.3 Å². The number of carbonyl (C=O) groups is 1. The number of halogens is 5. The van der Waals surface area contributed by atoms with Crippen LogP contribution in [0.1, 0.15) is 31.0 Å². The Morgan fingerprint density at radius 3 is 2.54 bits per heavy atom. The molecule has 3 fully saturated rings. The van der Waals surface area contributed by atoms with Gasteiger partial charge in [0.25, 0.3) is 5.91 Å². The van der Waals surface area contributed by atoms with Gasteiger partial charge < -0.3 is 24.1 Å². The van der Waals surface area contributed by atoms with E-state index in [4.69, 9.17) is 18.7 Å². The lowest BCUT2D eigenvalue weighted by Gasteiger charge is -2.32. The second-order valence-corrected chi connectivity index (χ2v) is 10.7. The Labute approximate surface area is 221 Å². The number of nitrogens with zero attached hydrogens (tertiary/aromatic N) is 2. The number of aromatic nitrogens is 1. The van der Waals surface area contributed by atoms with Crippen molar-refractivity contribution in [2.24, 2.45) is 17.8 Å². The van der Waals surface area contributed by atoms with Crippen molar-refractivity contribution in [3.63, 3.8) is 0 Å². The van der Waals surface area contributed by atoms with E-state index >= 15 is 4.39 Å². The van der Waals surface area contributed by atoms with Crippen LogP contribution < -0.4 is 10.1 Å². The number of benzene rings is 1. The van der Waals surface area contributed by atoms with E-state index in [1.807, 2.05) is 0 Å². The van der Waals surface area contributed by atoms with E-state index in [1.54, 1.807) is 0 Å². The number of aryl methyl sites for hydroxylation is 1. The van der Waals surface area contributed by atoms with Gasteiger partial charge in [-0.1, -0.05) is 18.1 Å². The van der Waals surface area contributed by atoms with Crippen molar-refractivity contribution < 1.29 is 45.5 Å². The highest BCUT2D eigenvalue weighted by Gasteiger charge is 2.66. The molecule has 0 bridgehead atoms. The summed E-state index contributed by atoms with van der Waals surface area (Å²) in [5, 5.41) is 6.12. The van der Waals surface area contributed by atoms with Crippen LogP contribution in [0.4, 0.5) is 27.6 Å². The third-order valence-corrected chi connectivity index (χ3v) is 8.34. The smallest absolute Gasteiger partial charge is 0.417 e. The average molecular weight is 560 g/mol. The number of ether oxygens (including phenoxy) is 3. The van der Waals surface area contributed by atoms with Gasteiger partial charge in [-0.25, -0.2) is 4.39 Å². The lowest BCUT2D eigenvalue weighted by molar-refractivity contribution is -0.272. The Kier molecular flexibility index (Phi) is 7.36. The maximum atomic E-state index is 15.1. The largest absolute Gasteiger partial charge is 0.489 e. The summed E-state index contributed by atoms with van der Waals surface area (Å²) in [6.45, 7) is 6.97. The minimum absolute atomic E-state index is 0.0249. The van der Waals surface area contributed by atoms with Crippen molar-refractivity contribution in [3.05, 3.63) is 41.3 Å². The van der Waals surface area contributed by atoms with Crippen molar-refractivity contribution >= 4 is 11.6 Å². The van der Waals surface area contributed by atoms with Gasteiger partial charge in [-0.3, -0.25) is 9.69 Å². The Morgan fingerprint density at radius 2 is 1.92 bits per heavy atom. The molecule has 8 nitrogen and oxygen atoms in total. The standard InChI is InChI=1S/C26H30F5N3O5/c1-13-20(23(39-25(13,3)26(29,30)31)24(35)32-19-12-38-33-14(19)2)17-4-5-18(27)21(28)22(17)37-7-6-34-8-15-10-36-11-16(15)9-34/h4-5,12-13,15-16,20,23H,6-11H2,1-3H3,(H,32,35)/t13-,15-,16+,20-,23+,25+/m0/s1. The Morgan fingerprint density at radius 1 is 1.23 bits per heavy atom. The molecule has 0 spiro atoms. The minimum Gasteiger partial charge on any atom is -0.489 e. The van der Waals surface area contributed by atoms with Gasteiger partial charge in [0.1, 0.15) is 30.4 Å². The van der Waals surface area contributed by atoms with Gasteiger partial charge in [-0.15, -0.1) is 0 Å². The highest BCUT2D eigenvalue weighted by atomic mass is 19.4. The number of likely N-dealkylation sites (tertiary alicyclic amines) is 1. The van der Waals surface area contributed by atoms with Crippen LogP contribution >= 0.6 is 0 Å². The second-order valence-electron chi connectivity index (χ2n) is 10.7. The molecule has 3 aliphatic rings. The number of rotatable bonds is 7. The fourth-order valence-corrected chi connectivity index (χ4v) is 5.84. The predicted octanol–water partition coefficient (Wildman–Crippen LogP) is 4.30. The second kappa shape index (κ2) is 10.3. The zero-order chi connectivity index (χ0) is 28.1. The molecule has 6 atom stereocenters. The molecule has 13 heteroatoms. The van der Waals surface area contributed by atoms with Crippen LogP contribution in [-0.4, -0.2) is 73.3 Å². The topological polar surface area (TPSA) is 86.1 Å². The summed E-state index contributed by atoms with van der Waals surface area (Å²) in [6.07, 6.45) is -5.43. The number of hydrogen-bond acceptors (Lipinski definition) is 7. The Bertz CT molecular complexity index is 1210.